The van der Waals surface area contributed by atoms with E-state index in [0.29, 0.717) is 17.2 Å². The topological polar surface area (TPSA) is 94.3 Å². The molecule has 2 amide bonds. The lowest BCUT2D eigenvalue weighted by atomic mass is 10.1. The van der Waals surface area contributed by atoms with Crippen molar-refractivity contribution in [2.75, 3.05) is 11.9 Å². The molecule has 0 radical (unpaired) electrons. The summed E-state index contributed by atoms with van der Waals surface area (Å²) in [6.07, 6.45) is 3.60. The molecule has 1 aliphatic rings. The smallest absolute Gasteiger partial charge is 0.226 e. The standard InChI is InChI=1S/C12H17N3O3S/c13-10(16)6-8-7-19-12(14-8)15-11(17)4-3-9-2-1-5-18-9/h7,9H,1-6H2,(H2,13,16)(H,14,15,17)/t9-/m1/s1. The number of thiazole rings is 1. The lowest BCUT2D eigenvalue weighted by molar-refractivity contribution is -0.117. The van der Waals surface area contributed by atoms with E-state index in [1.54, 1.807) is 5.38 Å². The van der Waals surface area contributed by atoms with Crippen LogP contribution in [0.5, 0.6) is 0 Å². The van der Waals surface area contributed by atoms with Gasteiger partial charge < -0.3 is 15.8 Å². The highest BCUT2D eigenvalue weighted by molar-refractivity contribution is 7.13. The summed E-state index contributed by atoms with van der Waals surface area (Å²) in [5, 5.41) is 4.95. The molecule has 1 aromatic heterocycles. The van der Waals surface area contributed by atoms with Crippen LogP contribution in [0.3, 0.4) is 0 Å². The van der Waals surface area contributed by atoms with Crippen molar-refractivity contribution < 1.29 is 14.3 Å². The van der Waals surface area contributed by atoms with E-state index < -0.39 is 5.91 Å². The summed E-state index contributed by atoms with van der Waals surface area (Å²) in [5.74, 6) is -0.503. The van der Waals surface area contributed by atoms with Gasteiger partial charge in [-0.15, -0.1) is 11.3 Å². The number of carbonyl (C=O) groups excluding carboxylic acids is 2. The zero-order valence-corrected chi connectivity index (χ0v) is 11.4. The Bertz CT molecular complexity index is 455. The van der Waals surface area contributed by atoms with Gasteiger partial charge in [0.25, 0.3) is 0 Å². The first kappa shape index (κ1) is 14.0. The Morgan fingerprint density at radius 3 is 3.11 bits per heavy atom. The minimum absolute atomic E-state index is 0.0736. The molecule has 7 heteroatoms. The number of hydrogen-bond acceptors (Lipinski definition) is 5. The van der Waals surface area contributed by atoms with Crippen molar-refractivity contribution in [3.63, 3.8) is 0 Å². The molecule has 1 saturated heterocycles. The minimum Gasteiger partial charge on any atom is -0.378 e. The second kappa shape index (κ2) is 6.63. The molecule has 1 fully saturated rings. The number of primary amides is 1. The largest absolute Gasteiger partial charge is 0.378 e. The molecule has 2 rings (SSSR count). The zero-order chi connectivity index (χ0) is 13.7. The van der Waals surface area contributed by atoms with Crippen molar-refractivity contribution in [2.45, 2.75) is 38.2 Å². The van der Waals surface area contributed by atoms with Crippen molar-refractivity contribution in [3.8, 4) is 0 Å². The lowest BCUT2D eigenvalue weighted by Crippen LogP contribution is -2.16. The van der Waals surface area contributed by atoms with Gasteiger partial charge in [-0.05, 0) is 19.3 Å². The molecule has 1 atom stereocenters. The number of ether oxygens (including phenoxy) is 1. The van der Waals surface area contributed by atoms with Gasteiger partial charge in [0.2, 0.25) is 11.8 Å². The Morgan fingerprint density at radius 2 is 2.42 bits per heavy atom. The lowest BCUT2D eigenvalue weighted by Gasteiger charge is -2.07. The number of amides is 2. The molecule has 2 heterocycles. The fourth-order valence-corrected chi connectivity index (χ4v) is 2.70. The fraction of sp³-hybridized carbons (Fsp3) is 0.583. The van der Waals surface area contributed by atoms with Crippen molar-refractivity contribution in [1.82, 2.24) is 4.98 Å². The third kappa shape index (κ3) is 4.60. The maximum atomic E-state index is 11.7. The summed E-state index contributed by atoms with van der Waals surface area (Å²) in [6.45, 7) is 0.801. The van der Waals surface area contributed by atoms with Gasteiger partial charge in [0.1, 0.15) is 0 Å². The molecule has 0 spiro atoms. The first-order valence-electron chi connectivity index (χ1n) is 6.27. The molecule has 0 bridgehead atoms. The normalized spacial score (nSPS) is 18.4. The second-order valence-corrected chi connectivity index (χ2v) is 5.37. The predicted octanol–water partition coefficient (Wildman–Crippen LogP) is 1.07. The zero-order valence-electron chi connectivity index (χ0n) is 10.6. The summed E-state index contributed by atoms with van der Waals surface area (Å²) in [7, 11) is 0. The van der Waals surface area contributed by atoms with Crippen LogP contribution in [-0.2, 0) is 20.7 Å². The van der Waals surface area contributed by atoms with Gasteiger partial charge in [0.15, 0.2) is 5.13 Å². The average Bonchev–Trinajstić information content (AvgIpc) is 2.97. The van der Waals surface area contributed by atoms with E-state index in [0.717, 1.165) is 25.9 Å². The van der Waals surface area contributed by atoms with Gasteiger partial charge in [-0.25, -0.2) is 4.98 Å². The number of rotatable bonds is 6. The number of nitrogens with zero attached hydrogens (tertiary/aromatic N) is 1. The SMILES string of the molecule is NC(=O)Cc1csc(NC(=O)CC[C@H]2CCCO2)n1. The van der Waals surface area contributed by atoms with Gasteiger partial charge in [-0.1, -0.05) is 0 Å². The highest BCUT2D eigenvalue weighted by atomic mass is 32.1. The molecule has 1 aromatic rings. The Labute approximate surface area is 115 Å². The van der Waals surface area contributed by atoms with Crippen molar-refractivity contribution >= 4 is 28.3 Å². The molecule has 0 saturated carbocycles. The quantitative estimate of drug-likeness (QED) is 0.816. The summed E-state index contributed by atoms with van der Waals surface area (Å²) < 4.78 is 5.46. The van der Waals surface area contributed by atoms with Crippen LogP contribution in [0.1, 0.15) is 31.4 Å². The molecule has 3 N–H and O–H groups in total. The van der Waals surface area contributed by atoms with Gasteiger partial charge in [0, 0.05) is 18.4 Å². The average molecular weight is 283 g/mol. The van der Waals surface area contributed by atoms with E-state index in [-0.39, 0.29) is 18.4 Å². The van der Waals surface area contributed by atoms with Crippen LogP contribution >= 0.6 is 11.3 Å². The van der Waals surface area contributed by atoms with E-state index in [1.165, 1.54) is 11.3 Å². The minimum atomic E-state index is -0.429. The van der Waals surface area contributed by atoms with Crippen molar-refractivity contribution in [3.05, 3.63) is 11.1 Å². The van der Waals surface area contributed by atoms with Crippen molar-refractivity contribution in [2.24, 2.45) is 5.73 Å². The maximum absolute atomic E-state index is 11.7. The van der Waals surface area contributed by atoms with Crippen LogP contribution in [0, 0.1) is 0 Å². The maximum Gasteiger partial charge on any atom is 0.226 e. The first-order chi connectivity index (χ1) is 9.13. The molecular formula is C12H17N3O3S. The molecule has 0 unspecified atom stereocenters. The van der Waals surface area contributed by atoms with Gasteiger partial charge >= 0.3 is 0 Å². The van der Waals surface area contributed by atoms with Crippen LogP contribution in [0.15, 0.2) is 5.38 Å². The molecule has 19 heavy (non-hydrogen) atoms. The van der Waals surface area contributed by atoms with Crippen molar-refractivity contribution in [1.29, 1.82) is 0 Å². The summed E-state index contributed by atoms with van der Waals surface area (Å²) in [5.41, 5.74) is 5.67. The monoisotopic (exact) mass is 283 g/mol. The van der Waals surface area contributed by atoms with Crippen LogP contribution in [0.4, 0.5) is 5.13 Å². The molecule has 0 aliphatic carbocycles. The fourth-order valence-electron chi connectivity index (χ4n) is 1.97. The van der Waals surface area contributed by atoms with Gasteiger partial charge in [-0.2, -0.15) is 0 Å². The second-order valence-electron chi connectivity index (χ2n) is 4.51. The Kier molecular flexibility index (Phi) is 4.86. The summed E-state index contributed by atoms with van der Waals surface area (Å²) >= 11 is 1.30. The van der Waals surface area contributed by atoms with Crippen LogP contribution in [0.25, 0.3) is 0 Å². The van der Waals surface area contributed by atoms with E-state index in [4.69, 9.17) is 10.5 Å². The highest BCUT2D eigenvalue weighted by Crippen LogP contribution is 2.19. The Morgan fingerprint density at radius 1 is 1.58 bits per heavy atom. The Balaban J connectivity index is 1.74. The molecule has 1 aliphatic heterocycles. The van der Waals surface area contributed by atoms with Crippen LogP contribution in [0.2, 0.25) is 0 Å². The van der Waals surface area contributed by atoms with Crippen LogP contribution < -0.4 is 11.1 Å². The highest BCUT2D eigenvalue weighted by Gasteiger charge is 2.17. The number of aromatic nitrogens is 1. The first-order valence-corrected chi connectivity index (χ1v) is 7.15. The number of hydrogen-bond donors (Lipinski definition) is 2. The van der Waals surface area contributed by atoms with E-state index in [2.05, 4.69) is 10.3 Å². The Hall–Kier alpha value is -1.47. The third-order valence-electron chi connectivity index (χ3n) is 2.87. The van der Waals surface area contributed by atoms with E-state index in [9.17, 15) is 9.59 Å². The number of nitrogens with two attached hydrogens (primary N) is 1. The number of anilines is 1. The van der Waals surface area contributed by atoms with E-state index in [1.807, 2.05) is 0 Å². The van der Waals surface area contributed by atoms with Gasteiger partial charge in [-0.3, -0.25) is 9.59 Å². The molecule has 0 aromatic carbocycles. The predicted molar refractivity (Wildman–Crippen MR) is 71.9 cm³/mol. The van der Waals surface area contributed by atoms with Gasteiger partial charge in [0.05, 0.1) is 18.2 Å². The number of carbonyl (C=O) groups is 2. The van der Waals surface area contributed by atoms with Crippen LogP contribution in [-0.4, -0.2) is 29.5 Å². The molecule has 6 nitrogen and oxygen atoms in total. The summed E-state index contributed by atoms with van der Waals surface area (Å²) in [4.78, 5) is 26.6. The number of nitrogens with one attached hydrogen (secondary N) is 1. The van der Waals surface area contributed by atoms with E-state index >= 15 is 0 Å². The molecule has 104 valence electrons. The molecular weight excluding hydrogens is 266 g/mol. The third-order valence-corrected chi connectivity index (χ3v) is 3.68. The summed E-state index contributed by atoms with van der Waals surface area (Å²) in [6, 6.07) is 0.